The van der Waals surface area contributed by atoms with Gasteiger partial charge in [-0.1, -0.05) is 11.6 Å². The lowest BCUT2D eigenvalue weighted by molar-refractivity contribution is 0.502. The molecular weight excluding hydrogens is 226 g/mol. The monoisotopic (exact) mass is 237 g/mol. The molecule has 2 aliphatic rings. The Morgan fingerprint density at radius 1 is 1.31 bits per heavy atom. The Labute approximate surface area is 87.2 Å². The second kappa shape index (κ2) is 3.18. The van der Waals surface area contributed by atoms with Crippen molar-refractivity contribution in [2.75, 3.05) is 6.54 Å². The van der Waals surface area contributed by atoms with E-state index in [2.05, 4.69) is 59.1 Å². The second-order valence-corrected chi connectivity index (χ2v) is 4.45. The van der Waals surface area contributed by atoms with Gasteiger partial charge in [0.1, 0.15) is 0 Å². The maximum absolute atomic E-state index is 3.48. The molecular formula is C11H12BrN. The van der Waals surface area contributed by atoms with Crippen LogP contribution in [0.2, 0.25) is 0 Å². The van der Waals surface area contributed by atoms with Crippen LogP contribution in [0.4, 0.5) is 0 Å². The van der Waals surface area contributed by atoms with Crippen LogP contribution in [0.5, 0.6) is 0 Å². The highest BCUT2D eigenvalue weighted by atomic mass is 79.9. The van der Waals surface area contributed by atoms with Crippen LogP contribution in [0.15, 0.2) is 45.8 Å². The Bertz CT molecular complexity index is 358. The van der Waals surface area contributed by atoms with Crippen LogP contribution in [0.1, 0.15) is 13.8 Å². The summed E-state index contributed by atoms with van der Waals surface area (Å²) in [4.78, 5) is 2.27. The Hall–Kier alpha value is -0.760. The molecule has 0 saturated heterocycles. The largest absolute Gasteiger partial charge is 0.343 e. The smallest absolute Gasteiger partial charge is 0.0439 e. The van der Waals surface area contributed by atoms with Gasteiger partial charge >= 0.3 is 0 Å². The third kappa shape index (κ3) is 1.63. The summed E-state index contributed by atoms with van der Waals surface area (Å²) in [6, 6.07) is 0. The SMILES string of the molecule is CC1=CC(C)=C2C=CC(Br)=CN2C1. The number of halogens is 1. The van der Waals surface area contributed by atoms with Crippen molar-refractivity contribution in [1.82, 2.24) is 4.90 Å². The van der Waals surface area contributed by atoms with E-state index >= 15 is 0 Å². The quantitative estimate of drug-likeness (QED) is 0.625. The fraction of sp³-hybridized carbons (Fsp3) is 0.273. The molecule has 0 saturated carbocycles. The molecule has 0 unspecified atom stereocenters. The van der Waals surface area contributed by atoms with Gasteiger partial charge in [-0.3, -0.25) is 0 Å². The minimum atomic E-state index is 1.01. The number of allylic oxidation sites excluding steroid dienone is 5. The molecule has 2 aliphatic heterocycles. The Kier molecular flexibility index (Phi) is 2.16. The molecule has 0 spiro atoms. The summed E-state index contributed by atoms with van der Waals surface area (Å²) in [7, 11) is 0. The summed E-state index contributed by atoms with van der Waals surface area (Å²) in [5, 5.41) is 0. The van der Waals surface area contributed by atoms with Crippen LogP contribution in [0, 0.1) is 0 Å². The zero-order valence-corrected chi connectivity index (χ0v) is 9.43. The van der Waals surface area contributed by atoms with Crippen LogP contribution in [-0.4, -0.2) is 11.4 Å². The summed E-state index contributed by atoms with van der Waals surface area (Å²) >= 11 is 3.48. The van der Waals surface area contributed by atoms with Crippen molar-refractivity contribution in [3.8, 4) is 0 Å². The first kappa shape index (κ1) is 8.82. The number of nitrogens with zero attached hydrogens (tertiary/aromatic N) is 1. The van der Waals surface area contributed by atoms with Gasteiger partial charge in [0, 0.05) is 22.9 Å². The Balaban J connectivity index is 2.43. The van der Waals surface area contributed by atoms with Crippen molar-refractivity contribution in [3.05, 3.63) is 45.8 Å². The molecule has 0 aromatic heterocycles. The topological polar surface area (TPSA) is 3.24 Å². The number of rotatable bonds is 0. The van der Waals surface area contributed by atoms with Crippen molar-refractivity contribution in [1.29, 1.82) is 0 Å². The molecule has 13 heavy (non-hydrogen) atoms. The lowest BCUT2D eigenvalue weighted by Crippen LogP contribution is -2.23. The van der Waals surface area contributed by atoms with E-state index in [1.807, 2.05) is 0 Å². The van der Waals surface area contributed by atoms with Crippen molar-refractivity contribution < 1.29 is 0 Å². The van der Waals surface area contributed by atoms with Crippen molar-refractivity contribution in [3.63, 3.8) is 0 Å². The van der Waals surface area contributed by atoms with Gasteiger partial charge in [-0.2, -0.15) is 0 Å². The summed E-state index contributed by atoms with van der Waals surface area (Å²) in [5.74, 6) is 0. The second-order valence-electron chi connectivity index (χ2n) is 3.53. The molecule has 0 aromatic rings. The number of fused-ring (bicyclic) bond motifs is 1. The summed E-state index contributed by atoms with van der Waals surface area (Å²) in [6.45, 7) is 5.33. The van der Waals surface area contributed by atoms with Gasteiger partial charge in [-0.25, -0.2) is 0 Å². The predicted molar refractivity (Wildman–Crippen MR) is 59.3 cm³/mol. The minimum Gasteiger partial charge on any atom is -0.343 e. The van der Waals surface area contributed by atoms with Gasteiger partial charge in [0.05, 0.1) is 0 Å². The lowest BCUT2D eigenvalue weighted by atomic mass is 10.0. The molecule has 0 bridgehead atoms. The van der Waals surface area contributed by atoms with E-state index in [0.29, 0.717) is 0 Å². The molecule has 0 aliphatic carbocycles. The average molecular weight is 238 g/mol. The van der Waals surface area contributed by atoms with E-state index in [4.69, 9.17) is 0 Å². The van der Waals surface area contributed by atoms with Crippen LogP contribution in [0.3, 0.4) is 0 Å². The first-order chi connectivity index (χ1) is 6.16. The van der Waals surface area contributed by atoms with E-state index in [9.17, 15) is 0 Å². The molecule has 2 rings (SSSR count). The van der Waals surface area contributed by atoms with Gasteiger partial charge in [-0.15, -0.1) is 0 Å². The zero-order chi connectivity index (χ0) is 9.42. The molecule has 0 radical (unpaired) electrons. The number of hydrogen-bond donors (Lipinski definition) is 0. The highest BCUT2D eigenvalue weighted by Gasteiger charge is 2.15. The Morgan fingerprint density at radius 3 is 2.85 bits per heavy atom. The van der Waals surface area contributed by atoms with E-state index in [1.165, 1.54) is 16.8 Å². The van der Waals surface area contributed by atoms with Crippen molar-refractivity contribution in [2.24, 2.45) is 0 Å². The van der Waals surface area contributed by atoms with Gasteiger partial charge in [0.2, 0.25) is 0 Å². The molecule has 0 amide bonds. The maximum Gasteiger partial charge on any atom is 0.0439 e. The van der Waals surface area contributed by atoms with Gasteiger partial charge in [-0.05, 0) is 47.5 Å². The molecule has 0 fully saturated rings. The first-order valence-corrected chi connectivity index (χ1v) is 5.16. The van der Waals surface area contributed by atoms with E-state index in [1.54, 1.807) is 0 Å². The molecule has 2 heterocycles. The third-order valence-corrected chi connectivity index (χ3v) is 2.74. The molecule has 0 N–H and O–H groups in total. The fourth-order valence-corrected chi connectivity index (χ4v) is 2.14. The van der Waals surface area contributed by atoms with E-state index < -0.39 is 0 Å². The van der Waals surface area contributed by atoms with Crippen molar-refractivity contribution in [2.45, 2.75) is 13.8 Å². The summed E-state index contributed by atoms with van der Waals surface area (Å²) < 4.78 is 1.14. The summed E-state index contributed by atoms with van der Waals surface area (Å²) in [6.07, 6.45) is 8.63. The van der Waals surface area contributed by atoms with Gasteiger partial charge < -0.3 is 4.90 Å². The third-order valence-electron chi connectivity index (χ3n) is 2.28. The molecule has 0 aromatic carbocycles. The lowest BCUT2D eigenvalue weighted by Gasteiger charge is -2.29. The van der Waals surface area contributed by atoms with Crippen molar-refractivity contribution >= 4 is 15.9 Å². The molecule has 0 atom stereocenters. The Morgan fingerprint density at radius 2 is 2.08 bits per heavy atom. The normalized spacial score (nSPS) is 21.3. The fourth-order valence-electron chi connectivity index (χ4n) is 1.76. The van der Waals surface area contributed by atoms with E-state index in [-0.39, 0.29) is 0 Å². The van der Waals surface area contributed by atoms with E-state index in [0.717, 1.165) is 11.0 Å². The standard InChI is InChI=1S/C11H12BrN/c1-8-5-9(2)11-4-3-10(12)7-13(11)6-8/h3-5,7H,6H2,1-2H3. The highest BCUT2D eigenvalue weighted by molar-refractivity contribution is 9.11. The van der Waals surface area contributed by atoms with Gasteiger partial charge in [0.15, 0.2) is 0 Å². The number of hydrogen-bond acceptors (Lipinski definition) is 1. The molecule has 1 nitrogen and oxygen atoms in total. The van der Waals surface area contributed by atoms with Crippen LogP contribution >= 0.6 is 15.9 Å². The maximum atomic E-state index is 3.48. The molecule has 68 valence electrons. The predicted octanol–water partition coefficient (Wildman–Crippen LogP) is 3.33. The van der Waals surface area contributed by atoms with Gasteiger partial charge in [0.25, 0.3) is 0 Å². The average Bonchev–Trinajstić information content (AvgIpc) is 2.02. The zero-order valence-electron chi connectivity index (χ0n) is 7.84. The molecule has 2 heteroatoms. The summed E-state index contributed by atoms with van der Waals surface area (Å²) in [5.41, 5.74) is 4.07. The first-order valence-electron chi connectivity index (χ1n) is 4.37. The highest BCUT2D eigenvalue weighted by Crippen LogP contribution is 2.27. The van der Waals surface area contributed by atoms with Crippen LogP contribution in [0.25, 0.3) is 0 Å². The van der Waals surface area contributed by atoms with Crippen LogP contribution < -0.4 is 0 Å². The minimum absolute atomic E-state index is 1.01. The van der Waals surface area contributed by atoms with Crippen LogP contribution in [-0.2, 0) is 0 Å².